The minimum atomic E-state index is -0.469. The first-order valence-corrected chi connectivity index (χ1v) is 7.18. The fourth-order valence-electron chi connectivity index (χ4n) is 2.23. The molecule has 0 saturated carbocycles. The summed E-state index contributed by atoms with van der Waals surface area (Å²) in [6.45, 7) is 0. The molecule has 0 aliphatic carbocycles. The van der Waals surface area contributed by atoms with Crippen molar-refractivity contribution in [3.05, 3.63) is 54.4 Å². The first kappa shape index (κ1) is 15.7. The Morgan fingerprint density at radius 2 is 2.00 bits per heavy atom. The van der Waals surface area contributed by atoms with Crippen LogP contribution >= 0.6 is 0 Å². The number of methoxy groups -OCH3 is 1. The lowest BCUT2D eigenvalue weighted by Crippen LogP contribution is -2.20. The molecule has 122 valence electrons. The van der Waals surface area contributed by atoms with E-state index >= 15 is 0 Å². The SMILES string of the molecule is COc1cc2nccc(Oc3ccc(CC(=O)NO)cc3)c2cn1. The lowest BCUT2D eigenvalue weighted by atomic mass is 10.1. The number of hydrogen-bond donors (Lipinski definition) is 2. The lowest BCUT2D eigenvalue weighted by Gasteiger charge is -2.09. The van der Waals surface area contributed by atoms with E-state index in [0.29, 0.717) is 17.4 Å². The number of aromatic nitrogens is 2. The average molecular weight is 325 g/mol. The van der Waals surface area contributed by atoms with E-state index in [1.54, 1.807) is 61.4 Å². The van der Waals surface area contributed by atoms with Crippen LogP contribution in [0.25, 0.3) is 10.9 Å². The van der Waals surface area contributed by atoms with Crippen molar-refractivity contribution in [1.82, 2.24) is 15.4 Å². The van der Waals surface area contributed by atoms with E-state index in [1.165, 1.54) is 0 Å². The second-order valence-electron chi connectivity index (χ2n) is 5.01. The molecule has 24 heavy (non-hydrogen) atoms. The summed E-state index contributed by atoms with van der Waals surface area (Å²) < 4.78 is 11.0. The van der Waals surface area contributed by atoms with Crippen LogP contribution in [0.3, 0.4) is 0 Å². The maximum atomic E-state index is 11.1. The number of carbonyl (C=O) groups is 1. The number of hydroxylamine groups is 1. The van der Waals surface area contributed by atoms with Gasteiger partial charge in [-0.25, -0.2) is 10.5 Å². The Labute approximate surface area is 137 Å². The van der Waals surface area contributed by atoms with Crippen LogP contribution in [-0.4, -0.2) is 28.2 Å². The zero-order valence-corrected chi connectivity index (χ0v) is 12.9. The molecule has 7 nitrogen and oxygen atoms in total. The van der Waals surface area contributed by atoms with Gasteiger partial charge in [0.05, 0.1) is 24.4 Å². The monoisotopic (exact) mass is 325 g/mol. The molecule has 3 rings (SSSR count). The van der Waals surface area contributed by atoms with Gasteiger partial charge in [-0.05, 0) is 23.8 Å². The van der Waals surface area contributed by atoms with Crippen molar-refractivity contribution >= 4 is 16.8 Å². The molecular weight excluding hydrogens is 310 g/mol. The van der Waals surface area contributed by atoms with Crippen molar-refractivity contribution < 1.29 is 19.5 Å². The first-order chi connectivity index (χ1) is 11.7. The van der Waals surface area contributed by atoms with Crippen LogP contribution in [0.15, 0.2) is 48.8 Å². The van der Waals surface area contributed by atoms with E-state index in [4.69, 9.17) is 14.7 Å². The predicted molar refractivity (Wildman–Crippen MR) is 86.2 cm³/mol. The third-order valence-electron chi connectivity index (χ3n) is 3.41. The molecule has 3 aromatic rings. The van der Waals surface area contributed by atoms with Gasteiger partial charge >= 0.3 is 0 Å². The molecule has 1 aromatic carbocycles. The van der Waals surface area contributed by atoms with Crippen molar-refractivity contribution in [2.75, 3.05) is 7.11 Å². The highest BCUT2D eigenvalue weighted by Crippen LogP contribution is 2.29. The minimum absolute atomic E-state index is 0.0959. The maximum Gasteiger partial charge on any atom is 0.247 e. The fourth-order valence-corrected chi connectivity index (χ4v) is 2.23. The maximum absolute atomic E-state index is 11.1. The number of pyridine rings is 2. The molecule has 0 saturated heterocycles. The Morgan fingerprint density at radius 3 is 2.71 bits per heavy atom. The van der Waals surface area contributed by atoms with Crippen LogP contribution in [0, 0.1) is 0 Å². The van der Waals surface area contributed by atoms with Crippen LogP contribution in [0.4, 0.5) is 0 Å². The molecule has 0 bridgehead atoms. The molecule has 0 aliphatic rings. The van der Waals surface area contributed by atoms with Crippen LogP contribution in [0.2, 0.25) is 0 Å². The molecule has 2 heterocycles. The second-order valence-corrected chi connectivity index (χ2v) is 5.01. The van der Waals surface area contributed by atoms with E-state index in [0.717, 1.165) is 16.5 Å². The number of hydrogen-bond acceptors (Lipinski definition) is 6. The molecule has 2 N–H and O–H groups in total. The third-order valence-corrected chi connectivity index (χ3v) is 3.41. The highest BCUT2D eigenvalue weighted by atomic mass is 16.5. The number of rotatable bonds is 5. The van der Waals surface area contributed by atoms with E-state index < -0.39 is 5.91 Å². The smallest absolute Gasteiger partial charge is 0.247 e. The number of carbonyl (C=O) groups excluding carboxylic acids is 1. The van der Waals surface area contributed by atoms with Gasteiger partial charge in [0.2, 0.25) is 11.8 Å². The Bertz CT molecular complexity index is 865. The van der Waals surface area contributed by atoms with Gasteiger partial charge in [-0.15, -0.1) is 0 Å². The Morgan fingerprint density at radius 1 is 1.21 bits per heavy atom. The minimum Gasteiger partial charge on any atom is -0.481 e. The third kappa shape index (κ3) is 3.41. The summed E-state index contributed by atoms with van der Waals surface area (Å²) in [6, 6.07) is 10.5. The molecule has 0 aliphatic heterocycles. The number of nitrogens with one attached hydrogen (secondary N) is 1. The van der Waals surface area contributed by atoms with E-state index in [2.05, 4.69) is 9.97 Å². The van der Waals surface area contributed by atoms with Crippen LogP contribution in [-0.2, 0) is 11.2 Å². The standard InChI is InChI=1S/C17H15N3O4/c1-23-17-9-14-13(10-19-17)15(6-7-18-14)24-12-4-2-11(3-5-12)8-16(21)20-22/h2-7,9-10,22H,8H2,1H3,(H,20,21). The fraction of sp³-hybridized carbons (Fsp3) is 0.118. The van der Waals surface area contributed by atoms with Gasteiger partial charge < -0.3 is 9.47 Å². The van der Waals surface area contributed by atoms with Crippen LogP contribution in [0.1, 0.15) is 5.56 Å². The summed E-state index contributed by atoms with van der Waals surface area (Å²) in [5.74, 6) is 1.25. The van der Waals surface area contributed by atoms with E-state index in [1.807, 2.05) is 0 Å². The van der Waals surface area contributed by atoms with E-state index in [-0.39, 0.29) is 6.42 Å². The summed E-state index contributed by atoms with van der Waals surface area (Å²) >= 11 is 0. The highest BCUT2D eigenvalue weighted by molar-refractivity contribution is 5.85. The molecule has 0 atom stereocenters. The number of benzene rings is 1. The molecule has 0 unspecified atom stereocenters. The Balaban J connectivity index is 1.83. The predicted octanol–water partition coefficient (Wildman–Crippen LogP) is 2.48. The Hall–Kier alpha value is -3.19. The molecule has 1 amide bonds. The Kier molecular flexibility index (Phi) is 4.53. The van der Waals surface area contributed by atoms with Gasteiger partial charge in [-0.1, -0.05) is 12.1 Å². The van der Waals surface area contributed by atoms with Gasteiger partial charge in [0.1, 0.15) is 11.5 Å². The summed E-state index contributed by atoms with van der Waals surface area (Å²) in [4.78, 5) is 19.6. The summed E-state index contributed by atoms with van der Waals surface area (Å²) in [6.07, 6.45) is 3.40. The summed E-state index contributed by atoms with van der Waals surface area (Å²) in [5, 5.41) is 9.30. The summed E-state index contributed by atoms with van der Waals surface area (Å²) in [5.41, 5.74) is 3.08. The number of amides is 1. The number of nitrogens with zero attached hydrogens (tertiary/aromatic N) is 2. The lowest BCUT2D eigenvalue weighted by molar-refractivity contribution is -0.128. The second kappa shape index (κ2) is 6.93. The van der Waals surface area contributed by atoms with Crippen molar-refractivity contribution in [1.29, 1.82) is 0 Å². The molecule has 7 heteroatoms. The van der Waals surface area contributed by atoms with Crippen LogP contribution in [0.5, 0.6) is 17.4 Å². The first-order valence-electron chi connectivity index (χ1n) is 7.18. The molecule has 2 aromatic heterocycles. The summed E-state index contributed by atoms with van der Waals surface area (Å²) in [7, 11) is 1.55. The average Bonchev–Trinajstić information content (AvgIpc) is 2.63. The number of fused-ring (bicyclic) bond motifs is 1. The zero-order chi connectivity index (χ0) is 16.9. The van der Waals surface area contributed by atoms with E-state index in [9.17, 15) is 4.79 Å². The van der Waals surface area contributed by atoms with Crippen molar-refractivity contribution in [3.8, 4) is 17.4 Å². The molecular formula is C17H15N3O4. The largest absolute Gasteiger partial charge is 0.481 e. The van der Waals surface area contributed by atoms with Gasteiger partial charge in [-0.2, -0.15) is 0 Å². The van der Waals surface area contributed by atoms with Gasteiger partial charge in [0.25, 0.3) is 0 Å². The van der Waals surface area contributed by atoms with Crippen LogP contribution < -0.4 is 15.0 Å². The molecule has 0 spiro atoms. The molecule has 0 fully saturated rings. The zero-order valence-electron chi connectivity index (χ0n) is 12.9. The van der Waals surface area contributed by atoms with Gasteiger partial charge in [0, 0.05) is 18.5 Å². The van der Waals surface area contributed by atoms with Crippen molar-refractivity contribution in [2.24, 2.45) is 0 Å². The normalized spacial score (nSPS) is 10.4. The quantitative estimate of drug-likeness (QED) is 0.553. The van der Waals surface area contributed by atoms with Crippen molar-refractivity contribution in [3.63, 3.8) is 0 Å². The van der Waals surface area contributed by atoms with Gasteiger partial charge in [0.15, 0.2) is 0 Å². The topological polar surface area (TPSA) is 93.6 Å². The number of ether oxygens (including phenoxy) is 2. The molecule has 0 radical (unpaired) electrons. The van der Waals surface area contributed by atoms with Crippen molar-refractivity contribution in [2.45, 2.75) is 6.42 Å². The van der Waals surface area contributed by atoms with Gasteiger partial charge in [-0.3, -0.25) is 15.0 Å². The highest BCUT2D eigenvalue weighted by Gasteiger charge is 2.07.